The normalized spacial score (nSPS) is 17.3. The highest BCUT2D eigenvalue weighted by molar-refractivity contribution is 8.00. The lowest BCUT2D eigenvalue weighted by Crippen LogP contribution is -2.48. The third kappa shape index (κ3) is 5.78. The van der Waals surface area contributed by atoms with Gasteiger partial charge in [-0.25, -0.2) is 5.43 Å². The summed E-state index contributed by atoms with van der Waals surface area (Å²) in [5.74, 6) is 1.33. The van der Waals surface area contributed by atoms with Crippen molar-refractivity contribution in [3.63, 3.8) is 0 Å². The maximum atomic E-state index is 12.2. The number of halogens is 1. The van der Waals surface area contributed by atoms with Crippen molar-refractivity contribution in [2.45, 2.75) is 56.9 Å². The molecule has 0 spiro atoms. The van der Waals surface area contributed by atoms with Crippen molar-refractivity contribution in [3.8, 4) is 5.75 Å². The first-order chi connectivity index (χ1) is 15.2. The van der Waals surface area contributed by atoms with Crippen LogP contribution in [0, 0.1) is 0 Å². The summed E-state index contributed by atoms with van der Waals surface area (Å²) < 4.78 is 5.15. The number of nitrogens with one attached hydrogen (secondary N) is 1. The number of hydrogen-bond donors (Lipinski definition) is 1. The summed E-state index contributed by atoms with van der Waals surface area (Å²) in [5.41, 5.74) is 6.00. The van der Waals surface area contributed by atoms with Crippen LogP contribution in [0.5, 0.6) is 5.75 Å². The number of rotatable bonds is 8. The average molecular weight is 474 g/mol. The number of ether oxygens (including phenoxy) is 1. The van der Waals surface area contributed by atoms with E-state index in [-0.39, 0.29) is 17.2 Å². The predicted molar refractivity (Wildman–Crippen MR) is 136 cm³/mol. The molecule has 0 fully saturated rings. The Labute approximate surface area is 200 Å². The van der Waals surface area contributed by atoms with Crippen molar-refractivity contribution in [2.75, 3.05) is 24.3 Å². The lowest BCUT2D eigenvalue weighted by molar-refractivity contribution is -0.118. The summed E-state index contributed by atoms with van der Waals surface area (Å²) in [5, 5.41) is 4.78. The highest BCUT2D eigenvalue weighted by Crippen LogP contribution is 2.45. The van der Waals surface area contributed by atoms with Gasteiger partial charge in [-0.05, 0) is 74.6 Å². The van der Waals surface area contributed by atoms with E-state index in [0.29, 0.717) is 10.9 Å². The maximum absolute atomic E-state index is 12.2. The number of anilines is 1. The summed E-state index contributed by atoms with van der Waals surface area (Å²) in [6.07, 6.45) is 3.80. The Morgan fingerprint density at radius 1 is 1.34 bits per heavy atom. The van der Waals surface area contributed by atoms with Crippen molar-refractivity contribution in [1.82, 2.24) is 5.43 Å². The number of fused-ring (bicyclic) bond motifs is 1. The predicted octanol–water partition coefficient (Wildman–Crippen LogP) is 6.09. The van der Waals surface area contributed by atoms with Gasteiger partial charge in [-0.3, -0.25) is 4.79 Å². The molecule has 1 heterocycles. The molecule has 0 bridgehead atoms. The summed E-state index contributed by atoms with van der Waals surface area (Å²) in [6.45, 7) is 10.1. The first-order valence-corrected chi connectivity index (χ1v) is 12.3. The van der Waals surface area contributed by atoms with Gasteiger partial charge in [-0.2, -0.15) is 5.10 Å². The van der Waals surface area contributed by atoms with E-state index in [1.165, 1.54) is 23.0 Å². The number of amides is 1. The number of hydrazone groups is 1. The summed E-state index contributed by atoms with van der Waals surface area (Å²) in [7, 11) is 1.63. The number of methoxy groups -OCH3 is 1. The molecule has 0 radical (unpaired) electrons. The number of hydrogen-bond acceptors (Lipinski definition) is 5. The van der Waals surface area contributed by atoms with Crippen LogP contribution in [0.2, 0.25) is 5.02 Å². The Hall–Kier alpha value is -2.18. The minimum absolute atomic E-state index is 0.0941. The van der Waals surface area contributed by atoms with E-state index < -0.39 is 0 Å². The fraction of sp³-hybridized carbons (Fsp3) is 0.440. The molecule has 2 aromatic carbocycles. The van der Waals surface area contributed by atoms with Gasteiger partial charge in [0.05, 0.1) is 24.1 Å². The molecule has 0 aromatic heterocycles. The molecule has 32 heavy (non-hydrogen) atoms. The van der Waals surface area contributed by atoms with Gasteiger partial charge in [0, 0.05) is 28.2 Å². The molecule has 1 aliphatic rings. The Bertz CT molecular complexity index is 976. The van der Waals surface area contributed by atoms with Crippen LogP contribution in [0.15, 0.2) is 46.4 Å². The fourth-order valence-electron chi connectivity index (χ4n) is 4.29. The average Bonchev–Trinajstić information content (AvgIpc) is 2.76. The minimum Gasteiger partial charge on any atom is -0.497 e. The number of carbonyl (C=O) groups is 1. The van der Waals surface area contributed by atoms with Gasteiger partial charge in [-0.15, -0.1) is 11.8 Å². The Balaban J connectivity index is 1.65. The molecule has 3 rings (SSSR count). The number of benzene rings is 2. The maximum Gasteiger partial charge on any atom is 0.250 e. The van der Waals surface area contributed by atoms with Gasteiger partial charge >= 0.3 is 0 Å². The molecule has 1 N–H and O–H groups in total. The van der Waals surface area contributed by atoms with Crippen LogP contribution in [-0.2, 0) is 4.79 Å². The van der Waals surface area contributed by atoms with E-state index in [2.05, 4.69) is 49.2 Å². The van der Waals surface area contributed by atoms with Gasteiger partial charge in [-0.1, -0.05) is 25.4 Å². The summed E-state index contributed by atoms with van der Waals surface area (Å²) >= 11 is 8.05. The number of thioether (sulfide) groups is 1. The highest BCUT2D eigenvalue weighted by atomic mass is 35.5. The summed E-state index contributed by atoms with van der Waals surface area (Å²) in [6, 6.07) is 11.8. The van der Waals surface area contributed by atoms with E-state index >= 15 is 0 Å². The molecule has 7 heteroatoms. The molecule has 172 valence electrons. The van der Waals surface area contributed by atoms with Crippen LogP contribution in [0.1, 0.15) is 57.6 Å². The first kappa shape index (κ1) is 24.5. The molecule has 1 amide bonds. The number of carbonyl (C=O) groups excluding carboxylic acids is 1. The van der Waals surface area contributed by atoms with Gasteiger partial charge in [0.2, 0.25) is 5.91 Å². The Morgan fingerprint density at radius 2 is 2.06 bits per heavy atom. The van der Waals surface area contributed by atoms with Crippen LogP contribution >= 0.6 is 23.4 Å². The number of nitrogens with zero attached hydrogens (tertiary/aromatic N) is 2. The van der Waals surface area contributed by atoms with Gasteiger partial charge in [0.25, 0.3) is 0 Å². The van der Waals surface area contributed by atoms with E-state index in [1.54, 1.807) is 13.3 Å². The van der Waals surface area contributed by atoms with Crippen molar-refractivity contribution in [2.24, 2.45) is 5.10 Å². The zero-order valence-electron chi connectivity index (χ0n) is 19.4. The molecular formula is C25H32ClN3O2S. The fourth-order valence-corrected chi connectivity index (χ4v) is 5.19. The summed E-state index contributed by atoms with van der Waals surface area (Å²) in [4.78, 5) is 15.6. The first-order valence-electron chi connectivity index (χ1n) is 10.9. The van der Waals surface area contributed by atoms with Crippen LogP contribution in [-0.4, -0.2) is 37.1 Å². The minimum atomic E-state index is -0.166. The second-order valence-corrected chi connectivity index (χ2v) is 10.2. The molecule has 1 atom stereocenters. The van der Waals surface area contributed by atoms with Crippen molar-refractivity contribution in [3.05, 3.63) is 52.5 Å². The molecule has 1 aliphatic heterocycles. The topological polar surface area (TPSA) is 53.9 Å². The molecule has 0 saturated heterocycles. The second kappa shape index (κ2) is 10.6. The van der Waals surface area contributed by atoms with Crippen LogP contribution in [0.3, 0.4) is 0 Å². The van der Waals surface area contributed by atoms with Gasteiger partial charge in [0.1, 0.15) is 5.75 Å². The quantitative estimate of drug-likeness (QED) is 0.286. The van der Waals surface area contributed by atoms with Crippen LogP contribution in [0.4, 0.5) is 5.69 Å². The molecule has 0 aliphatic carbocycles. The van der Waals surface area contributed by atoms with E-state index in [9.17, 15) is 4.79 Å². The van der Waals surface area contributed by atoms with E-state index in [0.717, 1.165) is 35.6 Å². The largest absolute Gasteiger partial charge is 0.497 e. The van der Waals surface area contributed by atoms with Crippen molar-refractivity contribution in [1.29, 1.82) is 0 Å². The monoisotopic (exact) mass is 473 g/mol. The molecule has 5 nitrogen and oxygen atoms in total. The zero-order valence-corrected chi connectivity index (χ0v) is 21.0. The Morgan fingerprint density at radius 3 is 2.72 bits per heavy atom. The lowest BCUT2D eigenvalue weighted by atomic mass is 9.79. The molecule has 0 saturated carbocycles. The van der Waals surface area contributed by atoms with Crippen LogP contribution in [0.25, 0.3) is 0 Å². The lowest BCUT2D eigenvalue weighted by Gasteiger charge is -2.47. The van der Waals surface area contributed by atoms with Crippen molar-refractivity contribution >= 4 is 41.2 Å². The van der Waals surface area contributed by atoms with Crippen molar-refractivity contribution < 1.29 is 9.53 Å². The van der Waals surface area contributed by atoms with E-state index in [4.69, 9.17) is 16.3 Å². The highest BCUT2D eigenvalue weighted by Gasteiger charge is 2.36. The second-order valence-electron chi connectivity index (χ2n) is 8.76. The molecule has 2 aromatic rings. The van der Waals surface area contributed by atoms with Gasteiger partial charge in [0.15, 0.2) is 0 Å². The molecule has 1 unspecified atom stereocenters. The SMILES string of the molecule is CCCN1c2cc(Cl)c(/C=N/NC(=O)CSc3ccc(OC)cc3)cc2C(C)CC1(C)C. The standard InChI is InChI=1S/C25H32ClN3O2S/c1-6-11-29-23-13-22(26)18(12-21(23)17(2)14-25(29,3)4)15-27-28-24(30)16-32-20-9-7-19(31-5)8-10-20/h7-10,12-13,15,17H,6,11,14,16H2,1-5H3,(H,28,30)/b27-15+. The van der Waals surface area contributed by atoms with E-state index in [1.807, 2.05) is 30.3 Å². The van der Waals surface area contributed by atoms with Gasteiger partial charge < -0.3 is 9.64 Å². The third-order valence-electron chi connectivity index (χ3n) is 5.77. The zero-order chi connectivity index (χ0) is 23.3. The smallest absolute Gasteiger partial charge is 0.250 e. The third-order valence-corrected chi connectivity index (χ3v) is 7.11. The van der Waals surface area contributed by atoms with Crippen LogP contribution < -0.4 is 15.1 Å². The Kier molecular flexibility index (Phi) is 8.12. The molecular weight excluding hydrogens is 442 g/mol.